The molecule has 0 saturated carbocycles. The van der Waals surface area contributed by atoms with Gasteiger partial charge in [-0.2, -0.15) is 0 Å². The third-order valence-corrected chi connectivity index (χ3v) is 8.32. The molecule has 0 aromatic heterocycles. The van der Waals surface area contributed by atoms with E-state index in [0.717, 1.165) is 11.1 Å². The predicted octanol–water partition coefficient (Wildman–Crippen LogP) is 3.65. The molecule has 0 spiro atoms. The molecule has 0 fully saturated rings. The highest BCUT2D eigenvalue weighted by Crippen LogP contribution is 2.18. The Hall–Kier alpha value is -2.81. The second kappa shape index (κ2) is 9.77. The first kappa shape index (κ1) is 23.8. The molecular formula is C24H25NO5S2. The van der Waals surface area contributed by atoms with Crippen molar-refractivity contribution in [2.75, 3.05) is 18.3 Å². The molecule has 0 saturated heterocycles. The van der Waals surface area contributed by atoms with E-state index in [4.69, 9.17) is 0 Å². The highest BCUT2D eigenvalue weighted by Gasteiger charge is 2.27. The Labute approximate surface area is 189 Å². The molecule has 8 heteroatoms. The van der Waals surface area contributed by atoms with Crippen molar-refractivity contribution < 1.29 is 21.6 Å². The quantitative estimate of drug-likeness (QED) is 0.443. The van der Waals surface area contributed by atoms with Crippen LogP contribution in [-0.4, -0.2) is 45.8 Å². The Morgan fingerprint density at radius 1 is 0.656 bits per heavy atom. The van der Waals surface area contributed by atoms with Gasteiger partial charge in [0.15, 0.2) is 25.5 Å². The van der Waals surface area contributed by atoms with Gasteiger partial charge in [0.05, 0.1) is 16.3 Å². The van der Waals surface area contributed by atoms with Crippen molar-refractivity contribution in [2.45, 2.75) is 23.6 Å². The van der Waals surface area contributed by atoms with Crippen LogP contribution in [0.15, 0.2) is 88.7 Å². The first-order chi connectivity index (χ1) is 15.1. The summed E-state index contributed by atoms with van der Waals surface area (Å²) < 4.78 is 52.0. The van der Waals surface area contributed by atoms with Crippen molar-refractivity contribution in [3.63, 3.8) is 0 Å². The summed E-state index contributed by atoms with van der Waals surface area (Å²) in [7, 11) is -7.71. The average Bonchev–Trinajstić information content (AvgIpc) is 2.74. The predicted molar refractivity (Wildman–Crippen MR) is 124 cm³/mol. The summed E-state index contributed by atoms with van der Waals surface area (Å²) in [5.74, 6) is -1.55. The van der Waals surface area contributed by atoms with Gasteiger partial charge < -0.3 is 0 Å². The lowest BCUT2D eigenvalue weighted by atomic mass is 10.1. The summed E-state index contributed by atoms with van der Waals surface area (Å²) in [5, 5.41) is 0. The molecule has 0 radical (unpaired) electrons. The molecule has 0 aliphatic heterocycles. The molecule has 32 heavy (non-hydrogen) atoms. The number of carbonyl (C=O) groups excluding carboxylic acids is 1. The highest BCUT2D eigenvalue weighted by molar-refractivity contribution is 7.92. The van der Waals surface area contributed by atoms with Crippen LogP contribution in [-0.2, 0) is 19.7 Å². The van der Waals surface area contributed by atoms with Gasteiger partial charge in [0.1, 0.15) is 11.8 Å². The Morgan fingerprint density at radius 3 is 1.47 bits per heavy atom. The molecule has 0 atom stereocenters. The molecule has 0 heterocycles. The van der Waals surface area contributed by atoms with Gasteiger partial charge in [0, 0.05) is 5.56 Å². The minimum atomic E-state index is -3.86. The van der Waals surface area contributed by atoms with Gasteiger partial charge in [0.2, 0.25) is 0 Å². The monoisotopic (exact) mass is 471 g/mol. The summed E-state index contributed by atoms with van der Waals surface area (Å²) in [6, 6.07) is 21.0. The van der Waals surface area contributed by atoms with E-state index in [0.29, 0.717) is 5.56 Å². The molecule has 0 unspecified atom stereocenters. The van der Waals surface area contributed by atoms with Crippen molar-refractivity contribution in [1.82, 2.24) is 4.90 Å². The van der Waals surface area contributed by atoms with E-state index in [1.54, 1.807) is 54.6 Å². The first-order valence-electron chi connectivity index (χ1n) is 9.96. The van der Waals surface area contributed by atoms with E-state index in [1.807, 2.05) is 13.8 Å². The Balaban J connectivity index is 1.90. The summed E-state index contributed by atoms with van der Waals surface area (Å²) in [6.45, 7) is 3.34. The second-order valence-corrected chi connectivity index (χ2v) is 11.7. The fourth-order valence-electron chi connectivity index (χ4n) is 3.17. The molecule has 3 rings (SSSR count). The van der Waals surface area contributed by atoms with Crippen LogP contribution in [0.25, 0.3) is 0 Å². The summed E-state index contributed by atoms with van der Waals surface area (Å²) in [4.78, 5) is 14.1. The van der Waals surface area contributed by atoms with Crippen LogP contribution < -0.4 is 0 Å². The Morgan fingerprint density at radius 2 is 1.06 bits per heavy atom. The summed E-state index contributed by atoms with van der Waals surface area (Å²) in [5.41, 5.74) is 2.20. The van der Waals surface area contributed by atoms with E-state index in [9.17, 15) is 21.6 Å². The van der Waals surface area contributed by atoms with Crippen molar-refractivity contribution in [2.24, 2.45) is 0 Å². The van der Waals surface area contributed by atoms with Crippen LogP contribution in [0.1, 0.15) is 21.5 Å². The molecule has 0 amide bonds. The molecular weight excluding hydrogens is 446 g/mol. The third kappa shape index (κ3) is 6.12. The number of rotatable bonds is 9. The van der Waals surface area contributed by atoms with Crippen LogP contribution in [0.2, 0.25) is 0 Å². The molecule has 0 aliphatic carbocycles. The number of aryl methyl sites for hydroxylation is 2. The SMILES string of the molecule is Cc1ccc(S(=O)(=O)CN(CC(=O)c2ccccc2)CS(=O)(=O)c2ccc(C)cc2)cc1. The maximum atomic E-state index is 13.0. The standard InChI is InChI=1S/C24H25NO5S2/c1-19-8-12-22(13-9-19)31(27,28)17-25(16-24(26)21-6-4-3-5-7-21)18-32(29,30)23-14-10-20(2)11-15-23/h3-15H,16-18H2,1-2H3. The number of benzene rings is 3. The van der Waals surface area contributed by atoms with Gasteiger partial charge in [-0.05, 0) is 38.1 Å². The van der Waals surface area contributed by atoms with Crippen molar-refractivity contribution >= 4 is 25.5 Å². The zero-order valence-electron chi connectivity index (χ0n) is 17.9. The van der Waals surface area contributed by atoms with Gasteiger partial charge in [-0.15, -0.1) is 0 Å². The average molecular weight is 472 g/mol. The van der Waals surface area contributed by atoms with Crippen molar-refractivity contribution in [3.05, 3.63) is 95.6 Å². The largest absolute Gasteiger partial charge is 0.293 e. The van der Waals surface area contributed by atoms with Gasteiger partial charge in [-0.25, -0.2) is 16.8 Å². The number of carbonyl (C=O) groups is 1. The summed E-state index contributed by atoms with van der Waals surface area (Å²) >= 11 is 0. The fourth-order valence-corrected chi connectivity index (χ4v) is 6.01. The van der Waals surface area contributed by atoms with E-state index in [-0.39, 0.29) is 22.1 Å². The number of hydrogen-bond acceptors (Lipinski definition) is 6. The zero-order valence-corrected chi connectivity index (χ0v) is 19.6. The molecule has 0 N–H and O–H groups in total. The molecule has 3 aromatic carbocycles. The van der Waals surface area contributed by atoms with E-state index >= 15 is 0 Å². The maximum Gasteiger partial charge on any atom is 0.191 e. The smallest absolute Gasteiger partial charge is 0.191 e. The molecule has 3 aromatic rings. The van der Waals surface area contributed by atoms with E-state index < -0.39 is 31.4 Å². The van der Waals surface area contributed by atoms with E-state index in [1.165, 1.54) is 29.2 Å². The van der Waals surface area contributed by atoms with Crippen molar-refractivity contribution in [1.29, 1.82) is 0 Å². The fraction of sp³-hybridized carbons (Fsp3) is 0.208. The lowest BCUT2D eigenvalue weighted by Gasteiger charge is -2.21. The topological polar surface area (TPSA) is 88.6 Å². The van der Waals surface area contributed by atoms with E-state index in [2.05, 4.69) is 0 Å². The maximum absolute atomic E-state index is 13.0. The van der Waals surface area contributed by atoms with Crippen LogP contribution in [0, 0.1) is 13.8 Å². The van der Waals surface area contributed by atoms with Gasteiger partial charge in [-0.3, -0.25) is 9.69 Å². The van der Waals surface area contributed by atoms with Gasteiger partial charge in [-0.1, -0.05) is 65.7 Å². The lowest BCUT2D eigenvalue weighted by molar-refractivity contribution is 0.0951. The molecule has 0 bridgehead atoms. The zero-order chi connectivity index (χ0) is 23.4. The van der Waals surface area contributed by atoms with Crippen molar-refractivity contribution in [3.8, 4) is 0 Å². The van der Waals surface area contributed by atoms with Crippen LogP contribution in [0.3, 0.4) is 0 Å². The molecule has 168 valence electrons. The normalized spacial score (nSPS) is 12.1. The minimum absolute atomic E-state index is 0.0768. The number of ketones is 1. The van der Waals surface area contributed by atoms with Crippen LogP contribution in [0.5, 0.6) is 0 Å². The Bertz CT molecular complexity index is 1210. The first-order valence-corrected chi connectivity index (χ1v) is 13.3. The minimum Gasteiger partial charge on any atom is -0.293 e. The molecule has 0 aliphatic rings. The van der Waals surface area contributed by atoms with Gasteiger partial charge >= 0.3 is 0 Å². The Kier molecular flexibility index (Phi) is 7.28. The number of hydrogen-bond donors (Lipinski definition) is 0. The number of sulfone groups is 2. The van der Waals surface area contributed by atoms with Crippen LogP contribution in [0.4, 0.5) is 0 Å². The number of nitrogens with zero attached hydrogens (tertiary/aromatic N) is 1. The summed E-state index contributed by atoms with van der Waals surface area (Å²) in [6.07, 6.45) is 0. The lowest BCUT2D eigenvalue weighted by Crippen LogP contribution is -2.38. The highest BCUT2D eigenvalue weighted by atomic mass is 32.2. The number of Topliss-reactive ketones (excluding diaryl/α,β-unsaturated/α-hetero) is 1. The second-order valence-electron chi connectivity index (χ2n) is 7.73. The van der Waals surface area contributed by atoms with Gasteiger partial charge in [0.25, 0.3) is 0 Å². The molecule has 6 nitrogen and oxygen atoms in total. The van der Waals surface area contributed by atoms with Crippen LogP contribution >= 0.6 is 0 Å². The third-order valence-electron chi connectivity index (χ3n) is 4.93.